The summed E-state index contributed by atoms with van der Waals surface area (Å²) in [7, 11) is 0. The molecule has 0 saturated carbocycles. The van der Waals surface area contributed by atoms with Crippen molar-refractivity contribution in [3.63, 3.8) is 0 Å². The molecule has 9 heteroatoms. The predicted octanol–water partition coefficient (Wildman–Crippen LogP) is -2.09. The molecule has 1 atom stereocenters. The van der Waals surface area contributed by atoms with Crippen LogP contribution in [0.15, 0.2) is 0 Å². The monoisotopic (exact) mass is 251 g/mol. The number of carbonyl (C=O) groups excluding carboxylic acids is 1. The summed E-state index contributed by atoms with van der Waals surface area (Å²) in [6.45, 7) is 0.165. The minimum atomic E-state index is -1.17. The number of carboxylic acid groups (broad SMARTS) is 2. The van der Waals surface area contributed by atoms with Crippen LogP contribution in [-0.2, 0) is 9.59 Å². The van der Waals surface area contributed by atoms with Crippen LogP contribution in [0.5, 0.6) is 0 Å². The topological polar surface area (TPSA) is 176 Å². The van der Waals surface area contributed by atoms with Crippen molar-refractivity contribution in [3.8, 4) is 0 Å². The van der Waals surface area contributed by atoms with Gasteiger partial charge in [-0.05, 0) is 6.42 Å². The van der Waals surface area contributed by atoms with Crippen LogP contribution in [0.25, 0.3) is 0 Å². The molecule has 0 aliphatic carbocycles. The van der Waals surface area contributed by atoms with E-state index in [0.717, 1.165) is 0 Å². The fourth-order valence-electron chi connectivity index (χ4n) is 0.582. The molecular weight excluding hydrogens is 234 g/mol. The molecule has 100 valence electrons. The van der Waals surface area contributed by atoms with E-state index in [-0.39, 0.29) is 26.0 Å². The van der Waals surface area contributed by atoms with Crippen molar-refractivity contribution in [3.05, 3.63) is 0 Å². The maximum Gasteiger partial charge on any atom is 0.320 e. The molecule has 0 fully saturated rings. The highest BCUT2D eigenvalue weighted by molar-refractivity contribution is 5.74. The van der Waals surface area contributed by atoms with Crippen LogP contribution in [0.2, 0.25) is 0 Å². The van der Waals surface area contributed by atoms with Crippen molar-refractivity contribution >= 4 is 18.0 Å². The molecule has 0 aromatic heterocycles. The Morgan fingerprint density at radius 2 is 1.76 bits per heavy atom. The Hall–Kier alpha value is -1.87. The summed E-state index contributed by atoms with van der Waals surface area (Å²) in [6, 6.07) is -1.66. The fraction of sp³-hybridized carbons (Fsp3) is 0.625. The van der Waals surface area contributed by atoms with Gasteiger partial charge >= 0.3 is 18.0 Å². The van der Waals surface area contributed by atoms with E-state index in [1.807, 2.05) is 0 Å². The minimum Gasteiger partial charge on any atom is -0.481 e. The zero-order valence-corrected chi connectivity index (χ0v) is 9.13. The lowest BCUT2D eigenvalue weighted by molar-refractivity contribution is -0.139. The number of aliphatic carboxylic acids is 2. The van der Waals surface area contributed by atoms with Gasteiger partial charge in [-0.1, -0.05) is 0 Å². The predicted molar refractivity (Wildman–Crippen MR) is 57.2 cm³/mol. The Balaban J connectivity index is 0. The highest BCUT2D eigenvalue weighted by Gasteiger charge is 2.12. The first-order valence-electron chi connectivity index (χ1n) is 4.65. The molecule has 9 nitrogen and oxygen atoms in total. The number of carboxylic acids is 2. The zero-order chi connectivity index (χ0) is 13.8. The van der Waals surface area contributed by atoms with Crippen LogP contribution < -0.4 is 16.8 Å². The molecule has 0 heterocycles. The van der Waals surface area contributed by atoms with Gasteiger partial charge in [-0.25, -0.2) is 4.79 Å². The van der Waals surface area contributed by atoms with Gasteiger partial charge < -0.3 is 32.1 Å². The largest absolute Gasteiger partial charge is 0.481 e. The maximum absolute atomic E-state index is 9.99. The van der Waals surface area contributed by atoms with Gasteiger partial charge in [-0.15, -0.1) is 0 Å². The molecule has 0 aliphatic heterocycles. The van der Waals surface area contributed by atoms with E-state index in [1.54, 1.807) is 0 Å². The van der Waals surface area contributed by atoms with Crippen molar-refractivity contribution in [2.75, 3.05) is 13.2 Å². The molecule has 0 saturated heterocycles. The van der Waals surface area contributed by atoms with Crippen LogP contribution in [0, 0.1) is 0 Å². The zero-order valence-electron chi connectivity index (χ0n) is 9.13. The quantitative estimate of drug-likeness (QED) is 0.313. The number of amides is 2. The third-order valence-electron chi connectivity index (χ3n) is 1.40. The first kappa shape index (κ1) is 17.5. The normalized spacial score (nSPS) is 10.7. The summed E-state index contributed by atoms with van der Waals surface area (Å²) in [5.41, 5.74) is 9.62. The van der Waals surface area contributed by atoms with Gasteiger partial charge in [-0.3, -0.25) is 9.59 Å². The summed E-state index contributed by atoms with van der Waals surface area (Å²) in [6.07, 6.45) is -0.224. The molecule has 0 aliphatic rings. The maximum atomic E-state index is 9.99. The van der Waals surface area contributed by atoms with Gasteiger partial charge in [0.1, 0.15) is 6.04 Å². The van der Waals surface area contributed by atoms with E-state index in [9.17, 15) is 14.4 Å². The summed E-state index contributed by atoms with van der Waals surface area (Å²) >= 11 is 0. The van der Waals surface area contributed by atoms with Crippen molar-refractivity contribution in [2.24, 2.45) is 11.5 Å². The molecule has 8 N–H and O–H groups in total. The number of aliphatic hydroxyl groups excluding tert-OH is 1. The van der Waals surface area contributed by atoms with Gasteiger partial charge in [0.05, 0.1) is 6.61 Å². The van der Waals surface area contributed by atoms with Crippen LogP contribution in [0.1, 0.15) is 12.8 Å². The average Bonchev–Trinajstić information content (AvgIpc) is 2.23. The number of carbonyl (C=O) groups is 3. The number of hydrogen-bond donors (Lipinski definition) is 6. The summed E-state index contributed by atoms with van der Waals surface area (Å²) in [5.74, 6) is -2.20. The summed E-state index contributed by atoms with van der Waals surface area (Å²) < 4.78 is 0. The molecule has 0 bridgehead atoms. The molecular formula is C8H17N3O6. The Labute approximate surface area is 97.4 Å². The van der Waals surface area contributed by atoms with Crippen LogP contribution in [-0.4, -0.2) is 52.5 Å². The number of hydrogen-bond acceptors (Lipinski definition) is 5. The number of primary amides is 1. The smallest absolute Gasteiger partial charge is 0.320 e. The fourth-order valence-corrected chi connectivity index (χ4v) is 0.582. The van der Waals surface area contributed by atoms with Gasteiger partial charge in [0, 0.05) is 13.0 Å². The Bertz CT molecular complexity index is 258. The number of aliphatic hydroxyl groups is 1. The minimum absolute atomic E-state index is 0.0231. The van der Waals surface area contributed by atoms with Crippen molar-refractivity contribution in [1.82, 2.24) is 5.32 Å². The highest BCUT2D eigenvalue weighted by atomic mass is 16.4. The van der Waals surface area contributed by atoms with Crippen molar-refractivity contribution in [1.29, 1.82) is 0 Å². The van der Waals surface area contributed by atoms with Gasteiger partial charge in [0.2, 0.25) is 0 Å². The SMILES string of the molecule is NC(=O)NCCO.N[C@@H](CCC(=O)O)C(=O)O. The molecule has 0 aromatic carbocycles. The third kappa shape index (κ3) is 16.8. The van der Waals surface area contributed by atoms with E-state index < -0.39 is 24.0 Å². The second kappa shape index (κ2) is 10.6. The van der Waals surface area contributed by atoms with E-state index in [4.69, 9.17) is 21.1 Å². The molecule has 0 unspecified atom stereocenters. The third-order valence-corrected chi connectivity index (χ3v) is 1.40. The Kier molecular flexibility index (Phi) is 11.0. The van der Waals surface area contributed by atoms with E-state index in [0.29, 0.717) is 0 Å². The lowest BCUT2D eigenvalue weighted by atomic mass is 10.2. The standard InChI is InChI=1S/C5H9NO4.C3H8N2O2/c6-3(5(9)10)1-2-4(7)8;4-3(7)5-1-2-6/h3H,1-2,6H2,(H,7,8)(H,9,10);6H,1-2H2,(H3,4,5,7)/t3-;/m0./s1. The van der Waals surface area contributed by atoms with E-state index in [1.165, 1.54) is 0 Å². The lowest BCUT2D eigenvalue weighted by Gasteiger charge is -2.01. The molecule has 0 spiro atoms. The Morgan fingerprint density at radius 3 is 2.00 bits per heavy atom. The molecule has 0 rings (SSSR count). The van der Waals surface area contributed by atoms with Gasteiger partial charge in [0.25, 0.3) is 0 Å². The first-order chi connectivity index (χ1) is 7.81. The second-order valence-corrected chi connectivity index (χ2v) is 2.89. The van der Waals surface area contributed by atoms with E-state index >= 15 is 0 Å². The average molecular weight is 251 g/mol. The molecule has 0 aromatic rings. The Morgan fingerprint density at radius 1 is 1.24 bits per heavy atom. The van der Waals surface area contributed by atoms with E-state index in [2.05, 4.69) is 11.1 Å². The lowest BCUT2D eigenvalue weighted by Crippen LogP contribution is -2.31. The van der Waals surface area contributed by atoms with Gasteiger partial charge in [-0.2, -0.15) is 0 Å². The van der Waals surface area contributed by atoms with Crippen LogP contribution in [0.4, 0.5) is 4.79 Å². The number of urea groups is 1. The second-order valence-electron chi connectivity index (χ2n) is 2.89. The van der Waals surface area contributed by atoms with Gasteiger partial charge in [0.15, 0.2) is 0 Å². The number of nitrogens with one attached hydrogen (secondary N) is 1. The molecule has 0 radical (unpaired) electrons. The summed E-state index contributed by atoms with van der Waals surface area (Å²) in [4.78, 5) is 29.6. The first-order valence-corrected chi connectivity index (χ1v) is 4.65. The van der Waals surface area contributed by atoms with Crippen LogP contribution in [0.3, 0.4) is 0 Å². The number of rotatable bonds is 6. The van der Waals surface area contributed by atoms with Crippen molar-refractivity contribution < 1.29 is 29.7 Å². The number of nitrogens with two attached hydrogens (primary N) is 2. The van der Waals surface area contributed by atoms with Crippen LogP contribution >= 0.6 is 0 Å². The molecule has 2 amide bonds. The highest BCUT2D eigenvalue weighted by Crippen LogP contribution is 1.93. The molecule has 17 heavy (non-hydrogen) atoms. The summed E-state index contributed by atoms with van der Waals surface area (Å²) in [5, 5.41) is 26.5. The van der Waals surface area contributed by atoms with Crippen molar-refractivity contribution in [2.45, 2.75) is 18.9 Å².